The van der Waals surface area contributed by atoms with Crippen LogP contribution in [0.3, 0.4) is 0 Å². The Kier molecular flexibility index (Phi) is 8.02. The first-order valence-electron chi connectivity index (χ1n) is 13.0. The predicted octanol–water partition coefficient (Wildman–Crippen LogP) is 4.24. The van der Waals surface area contributed by atoms with Gasteiger partial charge in [-0.25, -0.2) is 9.97 Å². The highest BCUT2D eigenvalue weighted by Gasteiger charge is 2.27. The van der Waals surface area contributed by atoms with E-state index >= 15 is 0 Å². The molecule has 3 aromatic rings. The molecule has 2 atom stereocenters. The molecule has 2 aliphatic heterocycles. The van der Waals surface area contributed by atoms with Crippen molar-refractivity contribution >= 4 is 17.2 Å². The lowest BCUT2D eigenvalue weighted by Crippen LogP contribution is -2.47. The van der Waals surface area contributed by atoms with Crippen molar-refractivity contribution in [3.05, 3.63) is 69.4 Å². The van der Waals surface area contributed by atoms with Gasteiger partial charge in [0.1, 0.15) is 6.33 Å². The van der Waals surface area contributed by atoms with Crippen molar-refractivity contribution in [2.45, 2.75) is 58.2 Å². The summed E-state index contributed by atoms with van der Waals surface area (Å²) in [5.74, 6) is 1.54. The van der Waals surface area contributed by atoms with Crippen LogP contribution in [-0.2, 0) is 0 Å². The molecule has 2 aliphatic rings. The summed E-state index contributed by atoms with van der Waals surface area (Å²) in [4.78, 5) is 23.5. The summed E-state index contributed by atoms with van der Waals surface area (Å²) in [5.41, 5.74) is 4.50. The Bertz CT molecular complexity index is 1190. The lowest BCUT2D eigenvalue weighted by Gasteiger charge is -2.38. The molecule has 2 N–H and O–H groups in total. The number of nitrogens with zero attached hydrogens (tertiary/aromatic N) is 3. The fraction of sp³-hybridized carbons (Fsp3) is 0.464. The molecule has 0 aliphatic carbocycles. The highest BCUT2D eigenvalue weighted by Crippen LogP contribution is 2.36. The lowest BCUT2D eigenvalue weighted by atomic mass is 9.96. The molecule has 0 radical (unpaired) electrons. The quantitative estimate of drug-likeness (QED) is 0.436. The van der Waals surface area contributed by atoms with E-state index in [0.717, 1.165) is 43.9 Å². The van der Waals surface area contributed by atoms with Gasteiger partial charge in [-0.3, -0.25) is 4.79 Å². The van der Waals surface area contributed by atoms with E-state index in [2.05, 4.69) is 61.4 Å². The van der Waals surface area contributed by atoms with E-state index in [1.807, 2.05) is 19.9 Å². The van der Waals surface area contributed by atoms with Gasteiger partial charge in [0.25, 0.3) is 5.91 Å². The van der Waals surface area contributed by atoms with E-state index in [-0.39, 0.29) is 18.7 Å². The van der Waals surface area contributed by atoms with Gasteiger partial charge in [0.2, 0.25) is 6.79 Å². The number of hydrogen-bond acceptors (Lipinski definition) is 8. The maximum atomic E-state index is 12.6. The second-order valence-corrected chi connectivity index (χ2v) is 10.7. The average Bonchev–Trinajstić information content (AvgIpc) is 3.59. The van der Waals surface area contributed by atoms with E-state index in [0.29, 0.717) is 35.6 Å². The van der Waals surface area contributed by atoms with Crippen LogP contribution in [0.25, 0.3) is 0 Å². The number of likely N-dealkylation sites (tertiary alicyclic amines) is 1. The van der Waals surface area contributed by atoms with E-state index in [1.165, 1.54) is 17.5 Å². The number of carbonyl (C=O) groups excluding carboxylic acids is 1. The fourth-order valence-electron chi connectivity index (χ4n) is 5.25. The molecule has 1 amide bonds. The van der Waals surface area contributed by atoms with Crippen molar-refractivity contribution in [3.8, 4) is 11.5 Å². The Balaban J connectivity index is 1.12. The number of piperidine rings is 1. The molecular formula is C28H35N5O3S. The molecule has 5 rings (SSSR count). The van der Waals surface area contributed by atoms with Crippen LogP contribution in [0.2, 0.25) is 0 Å². The summed E-state index contributed by atoms with van der Waals surface area (Å²) < 4.78 is 11.1. The maximum absolute atomic E-state index is 12.6. The fourth-order valence-corrected chi connectivity index (χ4v) is 5.93. The summed E-state index contributed by atoms with van der Waals surface area (Å²) in [6.45, 7) is 8.94. The number of ether oxygens (including phenoxy) is 2. The topological polar surface area (TPSA) is 88.6 Å². The van der Waals surface area contributed by atoms with Crippen LogP contribution in [-0.4, -0.2) is 59.3 Å². The summed E-state index contributed by atoms with van der Waals surface area (Å²) in [6, 6.07) is 9.41. The minimum Gasteiger partial charge on any atom is -0.454 e. The molecule has 9 heteroatoms. The minimum absolute atomic E-state index is 0.0892. The van der Waals surface area contributed by atoms with Crippen LogP contribution in [0.15, 0.2) is 41.4 Å². The van der Waals surface area contributed by atoms with Crippen LogP contribution in [0.4, 0.5) is 0 Å². The van der Waals surface area contributed by atoms with Gasteiger partial charge in [0.15, 0.2) is 11.5 Å². The van der Waals surface area contributed by atoms with Crippen LogP contribution in [0, 0.1) is 13.8 Å². The van der Waals surface area contributed by atoms with Crippen molar-refractivity contribution in [1.29, 1.82) is 0 Å². The summed E-state index contributed by atoms with van der Waals surface area (Å²) in [5, 5.41) is 11.3. The average molecular weight is 522 g/mol. The number of nitrogens with one attached hydrogen (secondary N) is 2. The molecule has 8 nitrogen and oxygen atoms in total. The van der Waals surface area contributed by atoms with Crippen molar-refractivity contribution in [3.63, 3.8) is 0 Å². The molecule has 1 aromatic carbocycles. The second kappa shape index (κ2) is 11.6. The van der Waals surface area contributed by atoms with Gasteiger partial charge in [-0.1, -0.05) is 6.07 Å². The predicted molar refractivity (Wildman–Crippen MR) is 144 cm³/mol. The van der Waals surface area contributed by atoms with Gasteiger partial charge < -0.3 is 25.0 Å². The Labute approximate surface area is 222 Å². The number of fused-ring (bicyclic) bond motifs is 1. The van der Waals surface area contributed by atoms with Crippen LogP contribution < -0.4 is 20.1 Å². The Morgan fingerprint density at radius 2 is 1.86 bits per heavy atom. The SMILES string of the molecule is Cc1ncnc(C)c1C(=O)NCC[C@@H](C)N1CCC(NC(c2ccsc2)c2ccc3c(c2)OCO3)CC1. The minimum atomic E-state index is -0.0892. The van der Waals surface area contributed by atoms with Crippen LogP contribution >= 0.6 is 11.3 Å². The van der Waals surface area contributed by atoms with E-state index in [9.17, 15) is 4.79 Å². The Morgan fingerprint density at radius 3 is 2.59 bits per heavy atom. The van der Waals surface area contributed by atoms with Crippen molar-refractivity contribution in [2.75, 3.05) is 26.4 Å². The number of amides is 1. The largest absolute Gasteiger partial charge is 0.454 e. The molecule has 0 saturated carbocycles. The summed E-state index contributed by atoms with van der Waals surface area (Å²) in [7, 11) is 0. The molecular weight excluding hydrogens is 486 g/mol. The van der Waals surface area contributed by atoms with Crippen LogP contribution in [0.5, 0.6) is 11.5 Å². The lowest BCUT2D eigenvalue weighted by molar-refractivity contribution is 0.0942. The van der Waals surface area contributed by atoms with Gasteiger partial charge in [0, 0.05) is 18.6 Å². The van der Waals surface area contributed by atoms with E-state index in [1.54, 1.807) is 11.3 Å². The molecule has 1 saturated heterocycles. The van der Waals surface area contributed by atoms with Gasteiger partial charge in [0.05, 0.1) is 23.0 Å². The first-order chi connectivity index (χ1) is 18.0. The first-order valence-corrected chi connectivity index (χ1v) is 13.9. The maximum Gasteiger partial charge on any atom is 0.254 e. The molecule has 1 fully saturated rings. The zero-order chi connectivity index (χ0) is 25.8. The van der Waals surface area contributed by atoms with Gasteiger partial charge in [-0.15, -0.1) is 0 Å². The van der Waals surface area contributed by atoms with Crippen LogP contribution in [0.1, 0.15) is 65.1 Å². The Morgan fingerprint density at radius 1 is 1.11 bits per heavy atom. The van der Waals surface area contributed by atoms with Gasteiger partial charge >= 0.3 is 0 Å². The van der Waals surface area contributed by atoms with Gasteiger partial charge in [-0.05, 0) is 93.2 Å². The molecule has 2 aromatic heterocycles. The molecule has 0 spiro atoms. The molecule has 4 heterocycles. The number of carbonyl (C=O) groups is 1. The highest BCUT2D eigenvalue weighted by atomic mass is 32.1. The highest BCUT2D eigenvalue weighted by molar-refractivity contribution is 7.08. The number of aromatic nitrogens is 2. The normalized spacial score (nSPS) is 17.5. The number of aryl methyl sites for hydroxylation is 2. The molecule has 196 valence electrons. The van der Waals surface area contributed by atoms with Crippen molar-refractivity contribution < 1.29 is 14.3 Å². The smallest absolute Gasteiger partial charge is 0.254 e. The number of hydrogen-bond donors (Lipinski definition) is 2. The number of benzene rings is 1. The first kappa shape index (κ1) is 25.6. The summed E-state index contributed by atoms with van der Waals surface area (Å²) >= 11 is 1.72. The third-order valence-corrected chi connectivity index (χ3v) is 8.16. The Hall–Kier alpha value is -3.01. The molecule has 0 bridgehead atoms. The number of rotatable bonds is 9. The third kappa shape index (κ3) is 5.95. The monoisotopic (exact) mass is 521 g/mol. The summed E-state index contributed by atoms with van der Waals surface area (Å²) in [6.07, 6.45) is 4.58. The van der Waals surface area contributed by atoms with Crippen molar-refractivity contribution in [2.24, 2.45) is 0 Å². The third-order valence-electron chi connectivity index (χ3n) is 7.46. The van der Waals surface area contributed by atoms with Crippen molar-refractivity contribution in [1.82, 2.24) is 25.5 Å². The standard InChI is InChI=1S/C28H35N5O3S/c1-18(6-10-29-28(34)26-19(2)30-16-31-20(26)3)33-11-7-23(8-12-33)32-27(22-9-13-37-15-22)21-4-5-24-25(14-21)36-17-35-24/h4-5,9,13-16,18,23,27,32H,6-8,10-12,17H2,1-3H3,(H,29,34)/t18-,27?/m1/s1. The molecule has 37 heavy (non-hydrogen) atoms. The number of thiophene rings is 1. The van der Waals surface area contributed by atoms with E-state index < -0.39 is 0 Å². The van der Waals surface area contributed by atoms with Gasteiger partial charge in [-0.2, -0.15) is 11.3 Å². The zero-order valence-electron chi connectivity index (χ0n) is 21.7. The second-order valence-electron chi connectivity index (χ2n) is 9.89. The zero-order valence-corrected chi connectivity index (χ0v) is 22.5. The van der Waals surface area contributed by atoms with E-state index in [4.69, 9.17) is 9.47 Å². The molecule has 1 unspecified atom stereocenters.